The number of nitrogens with one attached hydrogen (secondary N) is 2. The quantitative estimate of drug-likeness (QED) is 0.631. The number of likely N-dealkylation sites (N-methyl/N-ethyl adjacent to an activating group) is 3. The van der Waals surface area contributed by atoms with Crippen molar-refractivity contribution in [1.82, 2.24) is 20.4 Å². The maximum absolute atomic E-state index is 11.2. The maximum Gasteiger partial charge on any atom is 0.233 e. The van der Waals surface area contributed by atoms with Crippen molar-refractivity contribution >= 4 is 5.91 Å². The molecule has 0 spiro atoms. The summed E-state index contributed by atoms with van der Waals surface area (Å²) in [4.78, 5) is 15.9. The van der Waals surface area contributed by atoms with Crippen molar-refractivity contribution in [3.63, 3.8) is 0 Å². The molecule has 94 valence electrons. The van der Waals surface area contributed by atoms with Gasteiger partial charge in [-0.25, -0.2) is 0 Å². The second-order valence-corrected chi connectivity index (χ2v) is 4.48. The van der Waals surface area contributed by atoms with Gasteiger partial charge >= 0.3 is 0 Å². The van der Waals surface area contributed by atoms with Crippen molar-refractivity contribution in [2.24, 2.45) is 0 Å². The molecule has 1 rings (SSSR count). The molecule has 1 fully saturated rings. The maximum atomic E-state index is 11.2. The van der Waals surface area contributed by atoms with Crippen molar-refractivity contribution in [2.45, 2.75) is 13.0 Å². The third kappa shape index (κ3) is 4.47. The summed E-state index contributed by atoms with van der Waals surface area (Å²) in [5.74, 6) is 0.0781. The minimum absolute atomic E-state index is 0.0781. The molecular formula is C11H24N4O. The van der Waals surface area contributed by atoms with Gasteiger partial charge in [0.15, 0.2) is 0 Å². The van der Waals surface area contributed by atoms with Crippen LogP contribution in [-0.4, -0.2) is 75.1 Å². The Labute approximate surface area is 98.2 Å². The first-order valence-corrected chi connectivity index (χ1v) is 5.99. The molecule has 0 aromatic rings. The number of nitrogens with zero attached hydrogens (tertiary/aromatic N) is 2. The molecule has 1 aliphatic heterocycles. The Bertz CT molecular complexity index is 222. The highest BCUT2D eigenvalue weighted by atomic mass is 16.1. The summed E-state index contributed by atoms with van der Waals surface area (Å²) in [6, 6.07) is 0.508. The fourth-order valence-electron chi connectivity index (χ4n) is 1.93. The molecule has 1 amide bonds. The van der Waals surface area contributed by atoms with E-state index in [1.807, 2.05) is 6.92 Å². The lowest BCUT2D eigenvalue weighted by atomic mass is 10.2. The number of carbonyl (C=O) groups is 1. The molecule has 0 aromatic heterocycles. The van der Waals surface area contributed by atoms with E-state index in [1.54, 1.807) is 0 Å². The lowest BCUT2D eigenvalue weighted by Crippen LogP contribution is -2.54. The minimum Gasteiger partial charge on any atom is -0.355 e. The lowest BCUT2D eigenvalue weighted by molar-refractivity contribution is -0.120. The van der Waals surface area contributed by atoms with Crippen LogP contribution in [0.3, 0.4) is 0 Å². The van der Waals surface area contributed by atoms with Crippen LogP contribution in [0.15, 0.2) is 0 Å². The molecule has 0 aliphatic carbocycles. The standard InChI is InChI=1S/C11H24N4O/c1-4-13-11(16)8-12-7-10-9-14(2)5-6-15(10)3/h10,12H,4-9H2,1-3H3,(H,13,16). The first-order chi connectivity index (χ1) is 7.63. The van der Waals surface area contributed by atoms with Gasteiger partial charge in [0, 0.05) is 38.8 Å². The van der Waals surface area contributed by atoms with Crippen LogP contribution < -0.4 is 10.6 Å². The summed E-state index contributed by atoms with van der Waals surface area (Å²) in [5.41, 5.74) is 0. The first kappa shape index (κ1) is 13.4. The van der Waals surface area contributed by atoms with E-state index in [2.05, 4.69) is 34.5 Å². The highest BCUT2D eigenvalue weighted by Crippen LogP contribution is 2.04. The number of hydrogen-bond donors (Lipinski definition) is 2. The number of hydrogen-bond acceptors (Lipinski definition) is 4. The Morgan fingerprint density at radius 2 is 2.12 bits per heavy atom. The Morgan fingerprint density at radius 3 is 2.81 bits per heavy atom. The SMILES string of the molecule is CCNC(=O)CNCC1CN(C)CCN1C. The van der Waals surface area contributed by atoms with Crippen molar-refractivity contribution in [3.05, 3.63) is 0 Å². The molecule has 0 saturated carbocycles. The van der Waals surface area contributed by atoms with Crippen LogP contribution in [0.2, 0.25) is 0 Å². The molecule has 2 N–H and O–H groups in total. The van der Waals surface area contributed by atoms with E-state index in [9.17, 15) is 4.79 Å². The van der Waals surface area contributed by atoms with Gasteiger partial charge in [0.1, 0.15) is 0 Å². The summed E-state index contributed by atoms with van der Waals surface area (Å²) in [6.45, 7) is 7.22. The highest BCUT2D eigenvalue weighted by Gasteiger charge is 2.21. The van der Waals surface area contributed by atoms with Crippen molar-refractivity contribution < 1.29 is 4.79 Å². The zero-order chi connectivity index (χ0) is 12.0. The zero-order valence-electron chi connectivity index (χ0n) is 10.6. The summed E-state index contributed by atoms with van der Waals surface area (Å²) in [5, 5.41) is 5.99. The van der Waals surface area contributed by atoms with E-state index in [0.717, 1.165) is 26.2 Å². The van der Waals surface area contributed by atoms with Crippen LogP contribution in [-0.2, 0) is 4.79 Å². The van der Waals surface area contributed by atoms with Crippen LogP contribution in [0, 0.1) is 0 Å². The van der Waals surface area contributed by atoms with E-state index in [0.29, 0.717) is 19.1 Å². The molecule has 0 bridgehead atoms. The zero-order valence-corrected chi connectivity index (χ0v) is 10.6. The number of rotatable bonds is 5. The molecule has 0 radical (unpaired) electrons. The first-order valence-electron chi connectivity index (χ1n) is 5.99. The van der Waals surface area contributed by atoms with Gasteiger partial charge in [-0.05, 0) is 21.0 Å². The minimum atomic E-state index is 0.0781. The van der Waals surface area contributed by atoms with Gasteiger partial charge in [-0.1, -0.05) is 0 Å². The Balaban J connectivity index is 2.18. The molecule has 1 atom stereocenters. The Hall–Kier alpha value is -0.650. The predicted octanol–water partition coefficient (Wildman–Crippen LogP) is -1.04. The van der Waals surface area contributed by atoms with E-state index in [4.69, 9.17) is 0 Å². The van der Waals surface area contributed by atoms with E-state index in [-0.39, 0.29) is 5.91 Å². The highest BCUT2D eigenvalue weighted by molar-refractivity contribution is 5.77. The van der Waals surface area contributed by atoms with E-state index >= 15 is 0 Å². The van der Waals surface area contributed by atoms with Gasteiger partial charge in [0.2, 0.25) is 5.91 Å². The molecule has 1 unspecified atom stereocenters. The van der Waals surface area contributed by atoms with Gasteiger partial charge < -0.3 is 15.5 Å². The largest absolute Gasteiger partial charge is 0.355 e. The van der Waals surface area contributed by atoms with E-state index < -0.39 is 0 Å². The van der Waals surface area contributed by atoms with Crippen LogP contribution in [0.25, 0.3) is 0 Å². The fraction of sp³-hybridized carbons (Fsp3) is 0.909. The molecule has 1 aliphatic rings. The van der Waals surface area contributed by atoms with Gasteiger partial charge in [0.05, 0.1) is 6.54 Å². The van der Waals surface area contributed by atoms with Gasteiger partial charge in [-0.3, -0.25) is 9.69 Å². The molecule has 0 aromatic carbocycles. The Kier molecular flexibility index (Phi) is 5.73. The van der Waals surface area contributed by atoms with Crippen molar-refractivity contribution in [3.8, 4) is 0 Å². The average Bonchev–Trinajstić information content (AvgIpc) is 2.23. The second kappa shape index (κ2) is 6.83. The number of amides is 1. The van der Waals surface area contributed by atoms with Crippen LogP contribution in [0.5, 0.6) is 0 Å². The normalized spacial score (nSPS) is 23.3. The Morgan fingerprint density at radius 1 is 1.38 bits per heavy atom. The summed E-state index contributed by atoms with van der Waals surface area (Å²) in [7, 11) is 4.29. The second-order valence-electron chi connectivity index (χ2n) is 4.48. The average molecular weight is 228 g/mol. The number of piperazine rings is 1. The molecular weight excluding hydrogens is 204 g/mol. The van der Waals surface area contributed by atoms with Crippen molar-refractivity contribution in [1.29, 1.82) is 0 Å². The van der Waals surface area contributed by atoms with Gasteiger partial charge in [0.25, 0.3) is 0 Å². The van der Waals surface area contributed by atoms with Crippen LogP contribution in [0.4, 0.5) is 0 Å². The summed E-state index contributed by atoms with van der Waals surface area (Å²) in [6.07, 6.45) is 0. The third-order valence-corrected chi connectivity index (χ3v) is 3.02. The van der Waals surface area contributed by atoms with Crippen molar-refractivity contribution in [2.75, 3.05) is 53.4 Å². The van der Waals surface area contributed by atoms with Crippen LogP contribution >= 0.6 is 0 Å². The molecule has 5 nitrogen and oxygen atoms in total. The molecule has 1 saturated heterocycles. The topological polar surface area (TPSA) is 47.6 Å². The van der Waals surface area contributed by atoms with Gasteiger partial charge in [-0.15, -0.1) is 0 Å². The molecule has 16 heavy (non-hydrogen) atoms. The summed E-state index contributed by atoms with van der Waals surface area (Å²) >= 11 is 0. The smallest absolute Gasteiger partial charge is 0.233 e. The summed E-state index contributed by atoms with van der Waals surface area (Å²) < 4.78 is 0. The monoisotopic (exact) mass is 228 g/mol. The van der Waals surface area contributed by atoms with Crippen LogP contribution in [0.1, 0.15) is 6.92 Å². The van der Waals surface area contributed by atoms with E-state index in [1.165, 1.54) is 0 Å². The number of carbonyl (C=O) groups excluding carboxylic acids is 1. The molecule has 1 heterocycles. The van der Waals surface area contributed by atoms with Gasteiger partial charge in [-0.2, -0.15) is 0 Å². The molecule has 5 heteroatoms. The fourth-order valence-corrected chi connectivity index (χ4v) is 1.93. The third-order valence-electron chi connectivity index (χ3n) is 3.02. The lowest BCUT2D eigenvalue weighted by Gasteiger charge is -2.37. The predicted molar refractivity (Wildman–Crippen MR) is 65.5 cm³/mol.